The Bertz CT molecular complexity index is 461. The van der Waals surface area contributed by atoms with Crippen LogP contribution in [0.3, 0.4) is 0 Å². The Morgan fingerprint density at radius 3 is 2.82 bits per heavy atom. The molecule has 8 nitrogen and oxygen atoms in total. The van der Waals surface area contributed by atoms with Gasteiger partial charge in [0.1, 0.15) is 5.69 Å². The molecule has 1 aromatic heterocycles. The summed E-state index contributed by atoms with van der Waals surface area (Å²) in [6.07, 6.45) is 0. The molecule has 0 saturated heterocycles. The molecule has 1 aromatic rings. The lowest BCUT2D eigenvalue weighted by molar-refractivity contribution is 0.0779. The van der Waals surface area contributed by atoms with Gasteiger partial charge in [0.2, 0.25) is 0 Å². The van der Waals surface area contributed by atoms with Crippen LogP contribution in [-0.4, -0.2) is 45.1 Å². The Morgan fingerprint density at radius 1 is 1.65 bits per heavy atom. The summed E-state index contributed by atoms with van der Waals surface area (Å²) >= 11 is 0. The highest BCUT2D eigenvalue weighted by atomic mass is 16.4. The molecule has 0 aliphatic rings. The van der Waals surface area contributed by atoms with Crippen molar-refractivity contribution in [1.82, 2.24) is 15.1 Å². The molecule has 0 unspecified atom stereocenters. The predicted octanol–water partition coefficient (Wildman–Crippen LogP) is -1.02. The second-order valence-electron chi connectivity index (χ2n) is 3.22. The van der Waals surface area contributed by atoms with Gasteiger partial charge in [0.25, 0.3) is 11.5 Å². The number of aromatic nitrogens is 2. The van der Waals surface area contributed by atoms with E-state index in [1.807, 2.05) is 0 Å². The molecule has 0 fully saturated rings. The van der Waals surface area contributed by atoms with Crippen LogP contribution in [0.2, 0.25) is 0 Å². The maximum atomic E-state index is 11.9. The maximum absolute atomic E-state index is 11.9. The number of amides is 1. The van der Waals surface area contributed by atoms with Crippen LogP contribution >= 0.6 is 0 Å². The molecule has 17 heavy (non-hydrogen) atoms. The van der Waals surface area contributed by atoms with Gasteiger partial charge in [-0.2, -0.15) is 5.10 Å². The fraction of sp³-hybridized carbons (Fsp3) is 0.333. The highest BCUT2D eigenvalue weighted by Gasteiger charge is 2.16. The fourth-order valence-corrected chi connectivity index (χ4v) is 1.18. The number of likely N-dealkylation sites (N-methyl/N-ethyl adjacent to an activating group) is 1. The Hall–Kier alpha value is -2.38. The average molecular weight is 239 g/mol. The third-order valence-corrected chi connectivity index (χ3v) is 2.05. The number of rotatable bonds is 4. The molecule has 0 atom stereocenters. The molecule has 0 aliphatic carbocycles. The van der Waals surface area contributed by atoms with Gasteiger partial charge < -0.3 is 15.8 Å². The molecular weight excluding hydrogens is 226 g/mol. The minimum atomic E-state index is -0.407. The highest BCUT2D eigenvalue weighted by molar-refractivity contribution is 5.95. The molecule has 8 heteroatoms. The van der Waals surface area contributed by atoms with Crippen LogP contribution in [0.5, 0.6) is 0 Å². The number of nitrogens with two attached hydrogens (primary N) is 1. The Labute approximate surface area is 96.7 Å². The number of amidine groups is 1. The van der Waals surface area contributed by atoms with E-state index in [1.54, 1.807) is 6.92 Å². The van der Waals surface area contributed by atoms with Crippen molar-refractivity contribution >= 4 is 11.7 Å². The monoisotopic (exact) mass is 239 g/mol. The molecule has 0 aromatic carbocycles. The molecular formula is C9H13N5O3. The first kappa shape index (κ1) is 12.7. The molecule has 1 amide bonds. The molecule has 0 saturated carbocycles. The number of aromatic amines is 1. The third-order valence-electron chi connectivity index (χ3n) is 2.05. The lowest BCUT2D eigenvalue weighted by Crippen LogP contribution is -2.39. The first-order valence-corrected chi connectivity index (χ1v) is 4.90. The van der Waals surface area contributed by atoms with Crippen LogP contribution in [0.1, 0.15) is 17.4 Å². The van der Waals surface area contributed by atoms with Gasteiger partial charge in [-0.15, -0.1) is 0 Å². The number of nitrogens with zero attached hydrogens (tertiary/aromatic N) is 3. The van der Waals surface area contributed by atoms with Crippen LogP contribution < -0.4 is 11.3 Å². The first-order chi connectivity index (χ1) is 8.08. The van der Waals surface area contributed by atoms with Crippen LogP contribution in [0.15, 0.2) is 22.1 Å². The van der Waals surface area contributed by atoms with Crippen LogP contribution in [0, 0.1) is 0 Å². The van der Waals surface area contributed by atoms with Gasteiger partial charge in [-0.25, -0.2) is 5.10 Å². The summed E-state index contributed by atoms with van der Waals surface area (Å²) < 4.78 is 0. The van der Waals surface area contributed by atoms with E-state index in [2.05, 4.69) is 15.4 Å². The van der Waals surface area contributed by atoms with E-state index in [0.717, 1.165) is 0 Å². The van der Waals surface area contributed by atoms with E-state index in [4.69, 9.17) is 10.9 Å². The molecule has 92 valence electrons. The number of nitrogens with one attached hydrogen (secondary N) is 1. The topological polar surface area (TPSA) is 125 Å². The Kier molecular flexibility index (Phi) is 4.21. The highest BCUT2D eigenvalue weighted by Crippen LogP contribution is 1.98. The summed E-state index contributed by atoms with van der Waals surface area (Å²) in [4.78, 5) is 24.0. The second kappa shape index (κ2) is 5.64. The number of carbonyl (C=O) groups is 1. The first-order valence-electron chi connectivity index (χ1n) is 4.90. The van der Waals surface area contributed by atoms with E-state index in [-0.39, 0.29) is 23.6 Å². The number of hydrogen-bond acceptors (Lipinski definition) is 5. The lowest BCUT2D eigenvalue weighted by atomic mass is 10.3. The van der Waals surface area contributed by atoms with Gasteiger partial charge in [0.05, 0.1) is 6.54 Å². The van der Waals surface area contributed by atoms with Crippen molar-refractivity contribution in [3.05, 3.63) is 28.2 Å². The average Bonchev–Trinajstić information content (AvgIpc) is 2.35. The Morgan fingerprint density at radius 2 is 2.35 bits per heavy atom. The number of hydrogen-bond donors (Lipinski definition) is 3. The van der Waals surface area contributed by atoms with Crippen LogP contribution in [0.25, 0.3) is 0 Å². The van der Waals surface area contributed by atoms with Crippen LogP contribution in [0.4, 0.5) is 0 Å². The summed E-state index contributed by atoms with van der Waals surface area (Å²) in [7, 11) is 0. The standard InChI is InChI=1S/C9H13N5O3/c1-2-14(5-7(10)13-17)9(16)6-3-4-8(15)12-11-6/h3-4,17H,2,5H2,1H3,(H2,10,13)(H,12,15). The Balaban J connectivity index is 2.86. The number of oxime groups is 1. The zero-order valence-corrected chi connectivity index (χ0v) is 9.25. The normalized spacial score (nSPS) is 11.2. The van der Waals surface area contributed by atoms with Crippen LogP contribution in [-0.2, 0) is 0 Å². The molecule has 1 rings (SSSR count). The summed E-state index contributed by atoms with van der Waals surface area (Å²) in [5.74, 6) is -0.486. The van der Waals surface area contributed by atoms with E-state index in [0.29, 0.717) is 6.54 Å². The van der Waals surface area contributed by atoms with E-state index >= 15 is 0 Å². The maximum Gasteiger partial charge on any atom is 0.274 e. The van der Waals surface area contributed by atoms with Gasteiger partial charge in [-0.05, 0) is 13.0 Å². The number of carbonyl (C=O) groups excluding carboxylic acids is 1. The van der Waals surface area contributed by atoms with Gasteiger partial charge in [0.15, 0.2) is 5.84 Å². The fourth-order valence-electron chi connectivity index (χ4n) is 1.18. The van der Waals surface area contributed by atoms with Gasteiger partial charge >= 0.3 is 0 Å². The summed E-state index contributed by atoms with van der Waals surface area (Å²) in [6, 6.07) is 2.52. The van der Waals surface area contributed by atoms with E-state index < -0.39 is 5.91 Å². The third kappa shape index (κ3) is 3.30. The number of H-pyrrole nitrogens is 1. The summed E-state index contributed by atoms with van der Waals surface area (Å²) in [5.41, 5.74) is 5.02. The summed E-state index contributed by atoms with van der Waals surface area (Å²) in [5, 5.41) is 17.0. The predicted molar refractivity (Wildman–Crippen MR) is 59.8 cm³/mol. The largest absolute Gasteiger partial charge is 0.409 e. The quantitative estimate of drug-likeness (QED) is 0.268. The minimum Gasteiger partial charge on any atom is -0.409 e. The van der Waals surface area contributed by atoms with Gasteiger partial charge in [0, 0.05) is 12.6 Å². The van der Waals surface area contributed by atoms with Crippen molar-refractivity contribution in [2.45, 2.75) is 6.92 Å². The SMILES string of the molecule is CCN(C/C(N)=N/O)C(=O)c1ccc(=O)[nH]n1. The zero-order chi connectivity index (χ0) is 12.8. The molecule has 0 radical (unpaired) electrons. The molecule has 4 N–H and O–H groups in total. The van der Waals surface area contributed by atoms with Crippen molar-refractivity contribution in [3.63, 3.8) is 0 Å². The van der Waals surface area contributed by atoms with Gasteiger partial charge in [-0.3, -0.25) is 9.59 Å². The van der Waals surface area contributed by atoms with Crippen molar-refractivity contribution in [2.24, 2.45) is 10.9 Å². The molecule has 0 bridgehead atoms. The zero-order valence-electron chi connectivity index (χ0n) is 9.25. The summed E-state index contributed by atoms with van der Waals surface area (Å²) in [6.45, 7) is 2.11. The molecule has 1 heterocycles. The smallest absolute Gasteiger partial charge is 0.274 e. The van der Waals surface area contributed by atoms with Crippen molar-refractivity contribution in [2.75, 3.05) is 13.1 Å². The second-order valence-corrected chi connectivity index (χ2v) is 3.22. The molecule has 0 aliphatic heterocycles. The van der Waals surface area contributed by atoms with E-state index in [9.17, 15) is 9.59 Å². The van der Waals surface area contributed by atoms with Crippen molar-refractivity contribution in [3.8, 4) is 0 Å². The van der Waals surface area contributed by atoms with Gasteiger partial charge in [-0.1, -0.05) is 5.16 Å². The minimum absolute atomic E-state index is 0.00730. The van der Waals surface area contributed by atoms with Crippen molar-refractivity contribution in [1.29, 1.82) is 0 Å². The lowest BCUT2D eigenvalue weighted by Gasteiger charge is -2.18. The molecule has 0 spiro atoms. The van der Waals surface area contributed by atoms with Crippen molar-refractivity contribution < 1.29 is 10.0 Å². The van der Waals surface area contributed by atoms with E-state index in [1.165, 1.54) is 17.0 Å².